The maximum Gasteiger partial charge on any atom is 0.264 e. The zero-order chi connectivity index (χ0) is 18.7. The van der Waals surface area contributed by atoms with Gasteiger partial charge in [-0.15, -0.1) is 11.3 Å². The Morgan fingerprint density at radius 2 is 2.19 bits per heavy atom. The number of Topliss-reactive ketones (excluding diaryl/α,β-unsaturated/α-hetero) is 1. The number of ether oxygens (including phenoxy) is 2. The van der Waals surface area contributed by atoms with E-state index < -0.39 is 5.82 Å². The average Bonchev–Trinajstić information content (AvgIpc) is 3.06. The number of carbonyl (C=O) groups is 2. The van der Waals surface area contributed by atoms with Crippen molar-refractivity contribution in [3.8, 4) is 5.75 Å². The van der Waals surface area contributed by atoms with Crippen LogP contribution in [-0.4, -0.2) is 49.0 Å². The smallest absolute Gasteiger partial charge is 0.264 e. The Balaban J connectivity index is 1.62. The number of rotatable bonds is 5. The number of benzene rings is 1. The molecule has 1 saturated heterocycles. The van der Waals surface area contributed by atoms with Gasteiger partial charge in [0.2, 0.25) is 0 Å². The summed E-state index contributed by atoms with van der Waals surface area (Å²) in [5.74, 6) is -0.493. The van der Waals surface area contributed by atoms with Gasteiger partial charge >= 0.3 is 0 Å². The van der Waals surface area contributed by atoms with Gasteiger partial charge in [-0.1, -0.05) is 0 Å². The Morgan fingerprint density at radius 1 is 1.38 bits per heavy atom. The Hall–Kier alpha value is -1.77. The van der Waals surface area contributed by atoms with E-state index in [2.05, 4.69) is 15.9 Å². The van der Waals surface area contributed by atoms with Crippen LogP contribution in [0.5, 0.6) is 5.75 Å². The number of carbonyl (C=O) groups excluding carboxylic acids is 2. The first-order valence-electron chi connectivity index (χ1n) is 8.03. The molecule has 26 heavy (non-hydrogen) atoms. The highest BCUT2D eigenvalue weighted by molar-refractivity contribution is 9.11. The van der Waals surface area contributed by atoms with Crippen LogP contribution < -0.4 is 4.74 Å². The second-order valence-electron chi connectivity index (χ2n) is 5.86. The second kappa shape index (κ2) is 8.28. The Bertz CT molecular complexity index is 825. The van der Waals surface area contributed by atoms with Crippen LogP contribution in [-0.2, 0) is 4.74 Å². The molecule has 1 unspecified atom stereocenters. The minimum Gasteiger partial charge on any atom is -0.490 e. The van der Waals surface area contributed by atoms with Crippen LogP contribution in [0.25, 0.3) is 0 Å². The molecule has 5 nitrogen and oxygen atoms in total. The molecule has 3 rings (SSSR count). The molecule has 0 bridgehead atoms. The number of thiophene rings is 1. The molecule has 0 aliphatic carbocycles. The summed E-state index contributed by atoms with van der Waals surface area (Å²) in [6.07, 6.45) is -0.319. The van der Waals surface area contributed by atoms with E-state index in [-0.39, 0.29) is 30.0 Å². The lowest BCUT2D eigenvalue weighted by Gasteiger charge is -2.32. The SMILES string of the molecule is CC(=O)c1cc(F)ccc1OCC1CN(C(=O)c2ccc(Br)s2)CCO1. The van der Waals surface area contributed by atoms with Crippen LogP contribution in [0, 0.1) is 5.82 Å². The number of ketones is 1. The summed E-state index contributed by atoms with van der Waals surface area (Å²) < 4.78 is 25.6. The van der Waals surface area contributed by atoms with Gasteiger partial charge in [0, 0.05) is 6.54 Å². The van der Waals surface area contributed by atoms with E-state index in [4.69, 9.17) is 9.47 Å². The van der Waals surface area contributed by atoms with Crippen molar-refractivity contribution in [2.75, 3.05) is 26.3 Å². The lowest BCUT2D eigenvalue weighted by molar-refractivity contribution is -0.0400. The molecule has 138 valence electrons. The van der Waals surface area contributed by atoms with Crippen LogP contribution in [0.3, 0.4) is 0 Å². The van der Waals surface area contributed by atoms with Crippen molar-refractivity contribution in [2.45, 2.75) is 13.0 Å². The Morgan fingerprint density at radius 3 is 2.88 bits per heavy atom. The molecule has 0 radical (unpaired) electrons. The van der Waals surface area contributed by atoms with Gasteiger partial charge in [-0.2, -0.15) is 0 Å². The van der Waals surface area contributed by atoms with E-state index in [1.54, 1.807) is 11.0 Å². The molecule has 1 fully saturated rings. The maximum absolute atomic E-state index is 13.3. The lowest BCUT2D eigenvalue weighted by atomic mass is 10.1. The van der Waals surface area contributed by atoms with Crippen LogP contribution >= 0.6 is 27.3 Å². The summed E-state index contributed by atoms with van der Waals surface area (Å²) >= 11 is 4.75. The predicted octanol–water partition coefficient (Wildman–Crippen LogP) is 3.77. The minimum atomic E-state index is -0.490. The number of nitrogens with zero attached hydrogens (tertiary/aromatic N) is 1. The van der Waals surface area contributed by atoms with E-state index in [1.165, 1.54) is 30.4 Å². The van der Waals surface area contributed by atoms with Crippen LogP contribution in [0.4, 0.5) is 4.39 Å². The number of halogens is 2. The molecule has 1 aromatic heterocycles. The minimum absolute atomic E-state index is 0.0415. The highest BCUT2D eigenvalue weighted by atomic mass is 79.9. The first-order valence-corrected chi connectivity index (χ1v) is 9.64. The fourth-order valence-corrected chi connectivity index (χ4v) is 4.03. The van der Waals surface area contributed by atoms with Crippen molar-refractivity contribution in [3.05, 3.63) is 50.4 Å². The largest absolute Gasteiger partial charge is 0.490 e. The monoisotopic (exact) mass is 441 g/mol. The number of morpholine rings is 1. The normalized spacial score (nSPS) is 17.2. The predicted molar refractivity (Wildman–Crippen MR) is 99.6 cm³/mol. The molecule has 1 aliphatic heterocycles. The van der Waals surface area contributed by atoms with Crippen molar-refractivity contribution in [1.29, 1.82) is 0 Å². The quantitative estimate of drug-likeness (QED) is 0.662. The number of amides is 1. The molecule has 1 amide bonds. The molecule has 1 aromatic carbocycles. The van der Waals surface area contributed by atoms with Gasteiger partial charge in [-0.3, -0.25) is 9.59 Å². The van der Waals surface area contributed by atoms with Gasteiger partial charge < -0.3 is 14.4 Å². The maximum atomic E-state index is 13.3. The highest BCUT2D eigenvalue weighted by Crippen LogP contribution is 2.25. The van der Waals surface area contributed by atoms with E-state index in [0.717, 1.165) is 9.85 Å². The molecule has 8 heteroatoms. The zero-order valence-corrected chi connectivity index (χ0v) is 16.4. The van der Waals surface area contributed by atoms with E-state index in [0.29, 0.717) is 30.3 Å². The molecule has 1 aliphatic rings. The van der Waals surface area contributed by atoms with Crippen LogP contribution in [0.15, 0.2) is 34.1 Å². The third kappa shape index (κ3) is 4.49. The van der Waals surface area contributed by atoms with Crippen molar-refractivity contribution < 1.29 is 23.5 Å². The van der Waals surface area contributed by atoms with Gasteiger partial charge in [-0.05, 0) is 53.2 Å². The topological polar surface area (TPSA) is 55.8 Å². The van der Waals surface area contributed by atoms with Crippen LogP contribution in [0.1, 0.15) is 27.0 Å². The third-order valence-electron chi connectivity index (χ3n) is 3.96. The molecular formula is C18H17BrFNO4S. The lowest BCUT2D eigenvalue weighted by Crippen LogP contribution is -2.47. The molecule has 0 spiro atoms. The summed E-state index contributed by atoms with van der Waals surface area (Å²) in [5, 5.41) is 0. The Labute approximate surface area is 162 Å². The fraction of sp³-hybridized carbons (Fsp3) is 0.333. The molecular weight excluding hydrogens is 425 g/mol. The Kier molecular flexibility index (Phi) is 6.05. The van der Waals surface area contributed by atoms with E-state index in [9.17, 15) is 14.0 Å². The zero-order valence-electron chi connectivity index (χ0n) is 14.0. The van der Waals surface area contributed by atoms with Gasteiger partial charge in [0.15, 0.2) is 5.78 Å². The fourth-order valence-electron chi connectivity index (χ4n) is 2.68. The number of hydrogen-bond donors (Lipinski definition) is 0. The summed E-state index contributed by atoms with van der Waals surface area (Å²) in [5.41, 5.74) is 0.192. The summed E-state index contributed by atoms with van der Waals surface area (Å²) in [6.45, 7) is 2.85. The van der Waals surface area contributed by atoms with Gasteiger partial charge in [-0.25, -0.2) is 4.39 Å². The van der Waals surface area contributed by atoms with E-state index >= 15 is 0 Å². The van der Waals surface area contributed by atoms with Crippen LogP contribution in [0.2, 0.25) is 0 Å². The standard InChI is InChI=1S/C18H17BrFNO4S/c1-11(22)14-8-12(20)2-3-15(14)25-10-13-9-21(6-7-24-13)18(23)16-4-5-17(19)26-16/h2-5,8,13H,6-7,9-10H2,1H3. The van der Waals surface area contributed by atoms with E-state index in [1.807, 2.05) is 6.07 Å². The van der Waals surface area contributed by atoms with Crippen molar-refractivity contribution in [3.63, 3.8) is 0 Å². The molecule has 1 atom stereocenters. The van der Waals surface area contributed by atoms with Crippen molar-refractivity contribution in [2.24, 2.45) is 0 Å². The molecule has 0 saturated carbocycles. The summed E-state index contributed by atoms with van der Waals surface area (Å²) in [7, 11) is 0. The van der Waals surface area contributed by atoms with Crippen molar-refractivity contribution >= 4 is 39.0 Å². The summed E-state index contributed by atoms with van der Waals surface area (Å²) in [4.78, 5) is 26.6. The molecule has 2 aromatic rings. The molecule has 0 N–H and O–H groups in total. The summed E-state index contributed by atoms with van der Waals surface area (Å²) in [6, 6.07) is 7.46. The van der Waals surface area contributed by atoms with Gasteiger partial charge in [0.05, 0.1) is 27.4 Å². The van der Waals surface area contributed by atoms with Gasteiger partial charge in [0.25, 0.3) is 5.91 Å². The third-order valence-corrected chi connectivity index (χ3v) is 5.57. The average molecular weight is 442 g/mol. The van der Waals surface area contributed by atoms with Crippen molar-refractivity contribution in [1.82, 2.24) is 4.90 Å². The first kappa shape index (κ1) is 19.0. The number of hydrogen-bond acceptors (Lipinski definition) is 5. The highest BCUT2D eigenvalue weighted by Gasteiger charge is 2.26. The molecule has 2 heterocycles. The first-order chi connectivity index (χ1) is 12.4. The second-order valence-corrected chi connectivity index (χ2v) is 8.32. The van der Waals surface area contributed by atoms with Gasteiger partial charge in [0.1, 0.15) is 24.3 Å².